The van der Waals surface area contributed by atoms with Gasteiger partial charge in [-0.3, -0.25) is 9.69 Å². The van der Waals surface area contributed by atoms with Gasteiger partial charge in [0.15, 0.2) is 11.5 Å². The van der Waals surface area contributed by atoms with E-state index < -0.39 is 0 Å². The van der Waals surface area contributed by atoms with Crippen molar-refractivity contribution in [3.63, 3.8) is 0 Å². The van der Waals surface area contributed by atoms with E-state index in [-0.39, 0.29) is 49.4 Å². The molecule has 5 rings (SSSR count). The van der Waals surface area contributed by atoms with Gasteiger partial charge in [0.1, 0.15) is 11.9 Å². The van der Waals surface area contributed by atoms with Crippen molar-refractivity contribution >= 4 is 17.6 Å². The Labute approximate surface area is 241 Å². The summed E-state index contributed by atoms with van der Waals surface area (Å²) in [5.41, 5.74) is 2.00. The molecule has 0 radical (unpaired) electrons. The molecule has 0 saturated heterocycles. The Morgan fingerprint density at radius 2 is 1.85 bits per heavy atom. The van der Waals surface area contributed by atoms with E-state index in [4.69, 9.17) is 14.2 Å². The van der Waals surface area contributed by atoms with Crippen LogP contribution >= 0.6 is 0 Å². The lowest BCUT2D eigenvalue weighted by Crippen LogP contribution is -2.49. The van der Waals surface area contributed by atoms with Crippen LogP contribution in [0.5, 0.6) is 17.2 Å². The van der Waals surface area contributed by atoms with Gasteiger partial charge in [0, 0.05) is 37.3 Å². The molecule has 2 aliphatic heterocycles. The lowest BCUT2D eigenvalue weighted by Gasteiger charge is -2.38. The van der Waals surface area contributed by atoms with Crippen LogP contribution in [-0.2, 0) is 6.54 Å². The molecule has 3 amide bonds. The number of amides is 3. The van der Waals surface area contributed by atoms with Crippen molar-refractivity contribution < 1.29 is 28.9 Å². The van der Waals surface area contributed by atoms with E-state index in [1.807, 2.05) is 32.2 Å². The molecule has 2 aromatic rings. The number of ether oxygens (including phenoxy) is 3. The molecule has 3 atom stereocenters. The molecule has 3 N–H and O–H groups in total. The first-order valence-electron chi connectivity index (χ1n) is 14.7. The molecule has 1 fully saturated rings. The van der Waals surface area contributed by atoms with Crippen LogP contribution in [0.3, 0.4) is 0 Å². The smallest absolute Gasteiger partial charge is 0.319 e. The molecule has 0 unspecified atom stereocenters. The fraction of sp³-hybridized carbons (Fsp3) is 0.548. The first-order chi connectivity index (χ1) is 19.8. The van der Waals surface area contributed by atoms with Gasteiger partial charge in [-0.1, -0.05) is 32.3 Å². The van der Waals surface area contributed by atoms with Gasteiger partial charge in [-0.05, 0) is 62.7 Å². The Kier molecular flexibility index (Phi) is 9.19. The van der Waals surface area contributed by atoms with Crippen LogP contribution in [0.2, 0.25) is 0 Å². The van der Waals surface area contributed by atoms with Gasteiger partial charge in [-0.15, -0.1) is 0 Å². The Morgan fingerprint density at radius 1 is 1.10 bits per heavy atom. The molecule has 1 saturated carbocycles. The molecule has 0 aromatic heterocycles. The highest BCUT2D eigenvalue weighted by atomic mass is 16.7. The quantitative estimate of drug-likeness (QED) is 0.439. The van der Waals surface area contributed by atoms with Gasteiger partial charge in [0.25, 0.3) is 5.91 Å². The first kappa shape index (κ1) is 29.0. The number of likely N-dealkylation sites (N-methyl/N-ethyl adjacent to an activating group) is 1. The Balaban J connectivity index is 1.32. The van der Waals surface area contributed by atoms with Crippen LogP contribution in [0.1, 0.15) is 61.9 Å². The molecular weight excluding hydrogens is 524 g/mol. The molecule has 2 aromatic carbocycles. The summed E-state index contributed by atoms with van der Waals surface area (Å²) in [5, 5.41) is 15.9. The van der Waals surface area contributed by atoms with E-state index in [0.717, 1.165) is 42.7 Å². The number of rotatable bonds is 8. The van der Waals surface area contributed by atoms with E-state index in [9.17, 15) is 14.7 Å². The first-order valence-corrected chi connectivity index (χ1v) is 14.7. The monoisotopic (exact) mass is 566 g/mol. The van der Waals surface area contributed by atoms with Crippen molar-refractivity contribution in [3.05, 3.63) is 47.5 Å². The van der Waals surface area contributed by atoms with Gasteiger partial charge in [-0.2, -0.15) is 0 Å². The number of hydrogen-bond donors (Lipinski definition) is 3. The van der Waals surface area contributed by atoms with Crippen LogP contribution in [0.25, 0.3) is 0 Å². The predicted molar refractivity (Wildman–Crippen MR) is 156 cm³/mol. The van der Waals surface area contributed by atoms with Crippen molar-refractivity contribution in [3.8, 4) is 17.2 Å². The van der Waals surface area contributed by atoms with Gasteiger partial charge < -0.3 is 34.9 Å². The summed E-state index contributed by atoms with van der Waals surface area (Å²) in [6, 6.07) is 10.7. The number of fused-ring (bicyclic) bond motifs is 2. The van der Waals surface area contributed by atoms with Crippen molar-refractivity contribution in [2.75, 3.05) is 38.9 Å². The molecule has 41 heavy (non-hydrogen) atoms. The fourth-order valence-corrected chi connectivity index (χ4v) is 5.84. The van der Waals surface area contributed by atoms with Crippen LogP contribution < -0.4 is 24.8 Å². The minimum atomic E-state index is -0.367. The zero-order valence-corrected chi connectivity index (χ0v) is 24.2. The second-order valence-corrected chi connectivity index (χ2v) is 11.7. The third-order valence-corrected chi connectivity index (χ3v) is 8.24. The second kappa shape index (κ2) is 13.0. The third kappa shape index (κ3) is 7.05. The SMILES string of the molecule is C[C@@H]1CN([C@H](C)CO)C(=O)c2cc(NC(=O)NC3CCCCC3)ccc2O[C@H]1CN(C)Cc1ccc2c(c1)OCO2. The number of aliphatic hydroxyl groups excluding tert-OH is 1. The molecule has 0 spiro atoms. The maximum atomic E-state index is 13.7. The molecule has 222 valence electrons. The minimum absolute atomic E-state index is 0.000577. The van der Waals surface area contributed by atoms with Crippen LogP contribution in [0, 0.1) is 5.92 Å². The highest BCUT2D eigenvalue weighted by molar-refractivity contribution is 5.99. The molecule has 2 heterocycles. The standard InChI is InChI=1S/C31H42N4O6/c1-20-15-35(21(2)18-36)30(37)25-14-24(33-31(38)32-23-7-5-4-6-8-23)10-12-26(25)41-29(20)17-34(3)16-22-9-11-27-28(13-22)40-19-39-27/h9-14,20-21,23,29,36H,4-8,15-19H2,1-3H3,(H2,32,33,38)/t20-,21-,29+/m1/s1. The number of nitrogens with zero attached hydrogens (tertiary/aromatic N) is 2. The average Bonchev–Trinajstić information content (AvgIpc) is 3.43. The van der Waals surface area contributed by atoms with Gasteiger partial charge >= 0.3 is 6.03 Å². The number of aliphatic hydroxyl groups is 1. The van der Waals surface area contributed by atoms with E-state index in [2.05, 4.69) is 22.5 Å². The highest BCUT2D eigenvalue weighted by Crippen LogP contribution is 2.34. The summed E-state index contributed by atoms with van der Waals surface area (Å²) in [4.78, 5) is 30.3. The lowest BCUT2D eigenvalue weighted by atomic mass is 9.96. The molecule has 10 heteroatoms. The number of carbonyl (C=O) groups is 2. The highest BCUT2D eigenvalue weighted by Gasteiger charge is 2.33. The number of anilines is 1. The Morgan fingerprint density at radius 3 is 2.63 bits per heavy atom. The summed E-state index contributed by atoms with van der Waals surface area (Å²) in [6.45, 7) is 5.74. The lowest BCUT2D eigenvalue weighted by molar-refractivity contribution is 0.0341. The summed E-state index contributed by atoms with van der Waals surface area (Å²) in [5.74, 6) is 1.75. The maximum absolute atomic E-state index is 13.7. The Hall–Kier alpha value is -3.50. The summed E-state index contributed by atoms with van der Waals surface area (Å²) in [7, 11) is 2.04. The fourth-order valence-electron chi connectivity index (χ4n) is 5.84. The topological polar surface area (TPSA) is 113 Å². The van der Waals surface area contributed by atoms with Crippen LogP contribution in [-0.4, -0.2) is 78.6 Å². The largest absolute Gasteiger partial charge is 0.488 e. The third-order valence-electron chi connectivity index (χ3n) is 8.24. The van der Waals surface area contributed by atoms with Crippen molar-refractivity contribution in [1.29, 1.82) is 0 Å². The van der Waals surface area contributed by atoms with E-state index >= 15 is 0 Å². The summed E-state index contributed by atoms with van der Waals surface area (Å²) < 4.78 is 17.5. The van der Waals surface area contributed by atoms with E-state index in [1.165, 1.54) is 6.42 Å². The minimum Gasteiger partial charge on any atom is -0.488 e. The number of benzene rings is 2. The number of nitrogens with one attached hydrogen (secondary N) is 2. The van der Waals surface area contributed by atoms with Crippen molar-refractivity contribution in [2.45, 2.75) is 70.7 Å². The zero-order chi connectivity index (χ0) is 28.9. The van der Waals surface area contributed by atoms with E-state index in [0.29, 0.717) is 36.6 Å². The average molecular weight is 567 g/mol. The number of urea groups is 1. The summed E-state index contributed by atoms with van der Waals surface area (Å²) in [6.07, 6.45) is 5.22. The molecule has 10 nitrogen and oxygen atoms in total. The van der Waals surface area contributed by atoms with E-state index in [1.54, 1.807) is 23.1 Å². The number of hydrogen-bond acceptors (Lipinski definition) is 7. The second-order valence-electron chi connectivity index (χ2n) is 11.7. The van der Waals surface area contributed by atoms with Gasteiger partial charge in [0.05, 0.1) is 18.2 Å². The van der Waals surface area contributed by atoms with Crippen LogP contribution in [0.4, 0.5) is 10.5 Å². The van der Waals surface area contributed by atoms with Gasteiger partial charge in [0.2, 0.25) is 6.79 Å². The van der Waals surface area contributed by atoms with Crippen molar-refractivity contribution in [1.82, 2.24) is 15.1 Å². The molecule has 0 bridgehead atoms. The predicted octanol–water partition coefficient (Wildman–Crippen LogP) is 4.22. The molecule has 3 aliphatic rings. The molecular formula is C31H42N4O6. The van der Waals surface area contributed by atoms with Gasteiger partial charge in [-0.25, -0.2) is 4.79 Å². The zero-order valence-electron chi connectivity index (χ0n) is 24.2. The number of carbonyl (C=O) groups excluding carboxylic acids is 2. The van der Waals surface area contributed by atoms with Crippen molar-refractivity contribution in [2.24, 2.45) is 5.92 Å². The normalized spacial score (nSPS) is 21.5. The van der Waals surface area contributed by atoms with Crippen LogP contribution in [0.15, 0.2) is 36.4 Å². The Bertz CT molecular complexity index is 1230. The maximum Gasteiger partial charge on any atom is 0.319 e. The molecule has 1 aliphatic carbocycles. The summed E-state index contributed by atoms with van der Waals surface area (Å²) >= 11 is 0.